The van der Waals surface area contributed by atoms with Crippen LogP contribution in [0.3, 0.4) is 0 Å². The summed E-state index contributed by atoms with van der Waals surface area (Å²) in [6.45, 7) is 2.98. The molecule has 0 amide bonds. The maximum atomic E-state index is 13.1. The van der Waals surface area contributed by atoms with Crippen LogP contribution in [0.1, 0.15) is 25.1 Å². The van der Waals surface area contributed by atoms with Crippen molar-refractivity contribution in [2.45, 2.75) is 20.3 Å². The predicted molar refractivity (Wildman–Crippen MR) is 108 cm³/mol. The van der Waals surface area contributed by atoms with Crippen molar-refractivity contribution in [3.05, 3.63) is 60.3 Å². The molecule has 3 heterocycles. The molecule has 0 aromatic carbocycles. The van der Waals surface area contributed by atoms with Gasteiger partial charge in [-0.3, -0.25) is 0 Å². The molecule has 0 aliphatic rings. The van der Waals surface area contributed by atoms with Crippen molar-refractivity contribution in [1.29, 1.82) is 10.7 Å². The highest BCUT2D eigenvalue weighted by atomic mass is 19.3. The highest BCUT2D eigenvalue weighted by Gasteiger charge is 2.28. The fourth-order valence-corrected chi connectivity index (χ4v) is 2.73. The lowest BCUT2D eigenvalue weighted by Gasteiger charge is -2.23. The standard InChI is InChI=1S/C21H20F2N6/c1-21(2,20(22)23)13-26-12-15(10-24)17-4-3-16(11-25)28-19(17)14-5-7-29-8-6-27-18(29)9-14/h3-10,12,20,24,26H,13H2,1-2H3/b15-12+,24-10?. The molecular formula is C21H20F2N6. The zero-order valence-corrected chi connectivity index (χ0v) is 16.0. The van der Waals surface area contributed by atoms with Gasteiger partial charge in [0.2, 0.25) is 6.43 Å². The topological polar surface area (TPSA) is 89.9 Å². The van der Waals surface area contributed by atoms with E-state index in [1.54, 1.807) is 18.3 Å². The highest BCUT2D eigenvalue weighted by molar-refractivity contribution is 6.10. The van der Waals surface area contributed by atoms with Crippen LogP contribution in [0.4, 0.5) is 8.78 Å². The van der Waals surface area contributed by atoms with Gasteiger partial charge in [-0.1, -0.05) is 13.8 Å². The van der Waals surface area contributed by atoms with E-state index in [4.69, 9.17) is 5.41 Å². The number of allylic oxidation sites excluding steroid dienone is 1. The first kappa shape index (κ1) is 20.1. The molecule has 148 valence electrons. The molecule has 3 aromatic rings. The van der Waals surface area contributed by atoms with E-state index >= 15 is 0 Å². The maximum Gasteiger partial charge on any atom is 0.245 e. The molecule has 0 radical (unpaired) electrons. The monoisotopic (exact) mass is 394 g/mol. The number of hydrogen-bond acceptors (Lipinski definition) is 5. The van der Waals surface area contributed by atoms with E-state index in [1.807, 2.05) is 35.0 Å². The second-order valence-electron chi connectivity index (χ2n) is 7.23. The first-order chi connectivity index (χ1) is 13.9. The van der Waals surface area contributed by atoms with E-state index in [2.05, 4.69) is 15.3 Å². The minimum absolute atomic E-state index is 0.0427. The Morgan fingerprint density at radius 2 is 2.14 bits per heavy atom. The van der Waals surface area contributed by atoms with Crippen LogP contribution < -0.4 is 5.32 Å². The molecule has 0 fully saturated rings. The number of imidazole rings is 1. The molecule has 0 unspecified atom stereocenters. The summed E-state index contributed by atoms with van der Waals surface area (Å²) in [5.41, 5.74) is 2.07. The summed E-state index contributed by atoms with van der Waals surface area (Å²) in [6, 6.07) is 8.97. The van der Waals surface area contributed by atoms with Crippen molar-refractivity contribution in [3.8, 4) is 17.3 Å². The van der Waals surface area contributed by atoms with Crippen LogP contribution in [0.25, 0.3) is 22.5 Å². The van der Waals surface area contributed by atoms with Gasteiger partial charge in [-0.05, 0) is 24.3 Å². The summed E-state index contributed by atoms with van der Waals surface area (Å²) >= 11 is 0. The third-order valence-electron chi connectivity index (χ3n) is 4.55. The van der Waals surface area contributed by atoms with E-state index in [0.29, 0.717) is 16.8 Å². The van der Waals surface area contributed by atoms with Crippen LogP contribution >= 0.6 is 0 Å². The number of alkyl halides is 2. The van der Waals surface area contributed by atoms with Crippen LogP contribution in [-0.2, 0) is 0 Å². The van der Waals surface area contributed by atoms with Gasteiger partial charge in [0.1, 0.15) is 17.4 Å². The average Bonchev–Trinajstić information content (AvgIpc) is 3.18. The largest absolute Gasteiger partial charge is 0.390 e. The van der Waals surface area contributed by atoms with Crippen molar-refractivity contribution in [2.24, 2.45) is 5.41 Å². The summed E-state index contributed by atoms with van der Waals surface area (Å²) in [5.74, 6) is 0. The lowest BCUT2D eigenvalue weighted by atomic mass is 9.94. The van der Waals surface area contributed by atoms with Gasteiger partial charge in [-0.15, -0.1) is 0 Å². The number of rotatable bonds is 7. The molecule has 0 aliphatic heterocycles. The van der Waals surface area contributed by atoms with Crippen LogP contribution in [-0.4, -0.2) is 33.6 Å². The molecule has 0 bridgehead atoms. The summed E-state index contributed by atoms with van der Waals surface area (Å²) in [4.78, 5) is 8.68. The number of pyridine rings is 2. The quantitative estimate of drug-likeness (QED) is 0.590. The molecule has 3 aromatic heterocycles. The molecular weight excluding hydrogens is 374 g/mol. The lowest BCUT2D eigenvalue weighted by molar-refractivity contribution is 0.0222. The number of fused-ring (bicyclic) bond motifs is 1. The van der Waals surface area contributed by atoms with E-state index in [9.17, 15) is 14.0 Å². The minimum atomic E-state index is -2.47. The lowest BCUT2D eigenvalue weighted by Crippen LogP contribution is -2.32. The minimum Gasteiger partial charge on any atom is -0.390 e. The van der Waals surface area contributed by atoms with Crippen LogP contribution in [0, 0.1) is 22.2 Å². The van der Waals surface area contributed by atoms with E-state index in [-0.39, 0.29) is 12.2 Å². The number of hydrogen-bond donors (Lipinski definition) is 2. The molecule has 29 heavy (non-hydrogen) atoms. The molecule has 2 N–H and O–H groups in total. The Balaban J connectivity index is 2.02. The maximum absolute atomic E-state index is 13.1. The van der Waals surface area contributed by atoms with Crippen LogP contribution in [0.2, 0.25) is 0 Å². The van der Waals surface area contributed by atoms with Gasteiger partial charge < -0.3 is 15.1 Å². The van der Waals surface area contributed by atoms with Crippen molar-refractivity contribution in [2.75, 3.05) is 6.54 Å². The van der Waals surface area contributed by atoms with Crippen molar-refractivity contribution >= 4 is 17.4 Å². The van der Waals surface area contributed by atoms with Crippen LogP contribution in [0.5, 0.6) is 0 Å². The third kappa shape index (κ3) is 4.29. The van der Waals surface area contributed by atoms with E-state index in [0.717, 1.165) is 17.4 Å². The van der Waals surface area contributed by atoms with Gasteiger partial charge in [0.25, 0.3) is 0 Å². The summed E-state index contributed by atoms with van der Waals surface area (Å²) in [7, 11) is 0. The van der Waals surface area contributed by atoms with Gasteiger partial charge >= 0.3 is 0 Å². The van der Waals surface area contributed by atoms with Crippen molar-refractivity contribution in [3.63, 3.8) is 0 Å². The molecule has 0 saturated heterocycles. The molecule has 0 spiro atoms. The van der Waals surface area contributed by atoms with Gasteiger partial charge in [0.15, 0.2) is 0 Å². The summed E-state index contributed by atoms with van der Waals surface area (Å²) < 4.78 is 28.0. The number of halogens is 2. The van der Waals surface area contributed by atoms with E-state index < -0.39 is 11.8 Å². The Morgan fingerprint density at radius 1 is 1.34 bits per heavy atom. The first-order valence-corrected chi connectivity index (χ1v) is 8.92. The second-order valence-corrected chi connectivity index (χ2v) is 7.23. The molecule has 0 aliphatic carbocycles. The normalized spacial score (nSPS) is 12.2. The molecule has 6 nitrogen and oxygen atoms in total. The number of nitrogens with one attached hydrogen (secondary N) is 2. The zero-order valence-electron chi connectivity index (χ0n) is 16.0. The summed E-state index contributed by atoms with van der Waals surface area (Å²) in [5, 5.41) is 19.9. The molecule has 8 heteroatoms. The van der Waals surface area contributed by atoms with Gasteiger partial charge in [-0.25, -0.2) is 18.7 Å². The Bertz CT molecular complexity index is 1110. The SMILES string of the molecule is CC(C)(CN/C=C(\C=N)c1ccc(C#N)nc1-c1ccn2ccnc2c1)C(F)F. The highest BCUT2D eigenvalue weighted by Crippen LogP contribution is 2.28. The molecule has 0 saturated carbocycles. The number of nitrogens with zero attached hydrogens (tertiary/aromatic N) is 4. The number of nitriles is 1. The molecule has 0 atom stereocenters. The van der Waals surface area contributed by atoms with Gasteiger partial charge in [-0.2, -0.15) is 5.26 Å². The van der Waals surface area contributed by atoms with Gasteiger partial charge in [0.05, 0.1) is 5.69 Å². The van der Waals surface area contributed by atoms with Crippen molar-refractivity contribution < 1.29 is 8.78 Å². The number of aromatic nitrogens is 3. The van der Waals surface area contributed by atoms with E-state index in [1.165, 1.54) is 20.0 Å². The first-order valence-electron chi connectivity index (χ1n) is 8.92. The predicted octanol–water partition coefficient (Wildman–Crippen LogP) is 4.14. The zero-order chi connectivity index (χ0) is 21.0. The third-order valence-corrected chi connectivity index (χ3v) is 4.55. The van der Waals surface area contributed by atoms with Crippen LogP contribution in [0.15, 0.2) is 49.1 Å². The average molecular weight is 394 g/mol. The summed E-state index contributed by atoms with van der Waals surface area (Å²) in [6.07, 6.45) is 5.51. The Labute approximate surface area is 167 Å². The Morgan fingerprint density at radius 3 is 2.83 bits per heavy atom. The van der Waals surface area contributed by atoms with Gasteiger partial charge in [0, 0.05) is 59.7 Å². The second kappa shape index (κ2) is 8.19. The fraction of sp³-hybridized carbons (Fsp3) is 0.238. The fourth-order valence-electron chi connectivity index (χ4n) is 2.73. The molecule has 3 rings (SSSR count). The smallest absolute Gasteiger partial charge is 0.245 e. The van der Waals surface area contributed by atoms with Crippen molar-refractivity contribution in [1.82, 2.24) is 19.7 Å². The Hall–Kier alpha value is -3.60. The Kier molecular flexibility index (Phi) is 5.69.